The standard InChI is InChI=1S/C12H14N2O2S/c13-12(16)9-3-1-5-14(7-9)8-10(15)11-4-2-6-17-11/h2,4,6-7H,1,3,5,8H2,(H2,13,16). The normalized spacial score (nSPS) is 15.5. The number of hydrogen-bond donors (Lipinski definition) is 1. The topological polar surface area (TPSA) is 63.4 Å². The second-order valence-corrected chi connectivity index (χ2v) is 4.94. The second kappa shape index (κ2) is 5.14. The Labute approximate surface area is 104 Å². The Morgan fingerprint density at radius 3 is 2.94 bits per heavy atom. The molecule has 1 aliphatic heterocycles. The fourth-order valence-electron chi connectivity index (χ4n) is 1.83. The van der Waals surface area contributed by atoms with Gasteiger partial charge in [-0.1, -0.05) is 6.07 Å². The van der Waals surface area contributed by atoms with E-state index < -0.39 is 5.91 Å². The van der Waals surface area contributed by atoms with Crippen molar-refractivity contribution in [3.63, 3.8) is 0 Å². The molecule has 0 atom stereocenters. The van der Waals surface area contributed by atoms with Crippen LogP contribution in [-0.2, 0) is 4.79 Å². The van der Waals surface area contributed by atoms with Crippen LogP contribution < -0.4 is 5.73 Å². The molecule has 0 spiro atoms. The van der Waals surface area contributed by atoms with E-state index in [0.29, 0.717) is 18.5 Å². The Kier molecular flexibility index (Phi) is 3.58. The maximum atomic E-state index is 11.9. The lowest BCUT2D eigenvalue weighted by Crippen LogP contribution is -2.31. The van der Waals surface area contributed by atoms with Gasteiger partial charge in [0, 0.05) is 18.3 Å². The summed E-state index contributed by atoms with van der Waals surface area (Å²) in [6.45, 7) is 1.12. The number of Topliss-reactive ketones (excluding diaryl/α,β-unsaturated/α-hetero) is 1. The highest BCUT2D eigenvalue weighted by Gasteiger charge is 2.17. The highest BCUT2D eigenvalue weighted by atomic mass is 32.1. The van der Waals surface area contributed by atoms with Gasteiger partial charge in [-0.15, -0.1) is 11.3 Å². The number of nitrogens with zero attached hydrogens (tertiary/aromatic N) is 1. The van der Waals surface area contributed by atoms with Gasteiger partial charge in [0.15, 0.2) is 5.78 Å². The van der Waals surface area contributed by atoms with Gasteiger partial charge in [0.2, 0.25) is 5.91 Å². The lowest BCUT2D eigenvalue weighted by molar-refractivity contribution is -0.114. The lowest BCUT2D eigenvalue weighted by Gasteiger charge is -2.24. The average Bonchev–Trinajstić information content (AvgIpc) is 2.82. The van der Waals surface area contributed by atoms with Gasteiger partial charge in [0.25, 0.3) is 0 Å². The first-order chi connectivity index (χ1) is 8.16. The second-order valence-electron chi connectivity index (χ2n) is 3.99. The van der Waals surface area contributed by atoms with Crippen LogP contribution in [0.25, 0.3) is 0 Å². The maximum absolute atomic E-state index is 11.9. The SMILES string of the molecule is NC(=O)C1=CN(CC(=O)c2cccs2)CCC1. The van der Waals surface area contributed by atoms with Crippen LogP contribution in [0.15, 0.2) is 29.3 Å². The molecule has 1 amide bonds. The Morgan fingerprint density at radius 2 is 2.29 bits per heavy atom. The molecule has 1 aromatic heterocycles. The third kappa shape index (κ3) is 2.94. The highest BCUT2D eigenvalue weighted by molar-refractivity contribution is 7.12. The molecule has 0 saturated heterocycles. The molecule has 1 aliphatic rings. The minimum absolute atomic E-state index is 0.0852. The van der Waals surface area contributed by atoms with Crippen molar-refractivity contribution >= 4 is 23.0 Å². The van der Waals surface area contributed by atoms with E-state index >= 15 is 0 Å². The highest BCUT2D eigenvalue weighted by Crippen LogP contribution is 2.16. The summed E-state index contributed by atoms with van der Waals surface area (Å²) in [4.78, 5) is 25.6. The van der Waals surface area contributed by atoms with Gasteiger partial charge in [-0.3, -0.25) is 9.59 Å². The molecule has 0 fully saturated rings. The van der Waals surface area contributed by atoms with Crippen LogP contribution in [0.3, 0.4) is 0 Å². The van der Waals surface area contributed by atoms with Gasteiger partial charge in [-0.05, 0) is 24.3 Å². The molecule has 0 aromatic carbocycles. The molecule has 1 aromatic rings. The first kappa shape index (κ1) is 11.9. The van der Waals surface area contributed by atoms with Gasteiger partial charge in [-0.2, -0.15) is 0 Å². The molecule has 2 rings (SSSR count). The molecule has 17 heavy (non-hydrogen) atoms. The summed E-state index contributed by atoms with van der Waals surface area (Å²) in [7, 11) is 0. The summed E-state index contributed by atoms with van der Waals surface area (Å²) < 4.78 is 0. The van der Waals surface area contributed by atoms with Crippen molar-refractivity contribution in [2.24, 2.45) is 5.73 Å². The van der Waals surface area contributed by atoms with E-state index in [2.05, 4.69) is 0 Å². The predicted octanol–water partition coefficient (Wildman–Crippen LogP) is 1.40. The Morgan fingerprint density at radius 1 is 1.47 bits per heavy atom. The minimum Gasteiger partial charge on any atom is -0.369 e. The number of carbonyl (C=O) groups is 2. The number of primary amides is 1. The third-order valence-corrected chi connectivity index (χ3v) is 3.60. The monoisotopic (exact) mass is 250 g/mol. The quantitative estimate of drug-likeness (QED) is 0.821. The number of amides is 1. The Hall–Kier alpha value is -1.62. The number of hydrogen-bond acceptors (Lipinski definition) is 4. The molecule has 0 saturated carbocycles. The van der Waals surface area contributed by atoms with Crippen molar-refractivity contribution in [1.29, 1.82) is 0 Å². The van der Waals surface area contributed by atoms with E-state index in [4.69, 9.17) is 5.73 Å². The first-order valence-corrected chi connectivity index (χ1v) is 6.36. The zero-order valence-corrected chi connectivity index (χ0v) is 10.2. The van der Waals surface area contributed by atoms with E-state index in [1.807, 2.05) is 22.4 Å². The molecule has 4 nitrogen and oxygen atoms in total. The van der Waals surface area contributed by atoms with Gasteiger partial charge < -0.3 is 10.6 Å². The number of thiophene rings is 1. The van der Waals surface area contributed by atoms with Gasteiger partial charge in [0.1, 0.15) is 0 Å². The fraction of sp³-hybridized carbons (Fsp3) is 0.333. The van der Waals surface area contributed by atoms with Crippen molar-refractivity contribution in [3.05, 3.63) is 34.2 Å². The Bertz CT molecular complexity index is 451. The van der Waals surface area contributed by atoms with Crippen molar-refractivity contribution in [2.75, 3.05) is 13.1 Å². The molecule has 2 heterocycles. The van der Waals surface area contributed by atoms with Gasteiger partial charge in [0.05, 0.1) is 11.4 Å². The van der Waals surface area contributed by atoms with Crippen LogP contribution in [0.1, 0.15) is 22.5 Å². The largest absolute Gasteiger partial charge is 0.369 e. The molecule has 5 heteroatoms. The maximum Gasteiger partial charge on any atom is 0.246 e. The summed E-state index contributed by atoms with van der Waals surface area (Å²) in [6, 6.07) is 3.68. The molecule has 0 aliphatic carbocycles. The molecule has 90 valence electrons. The van der Waals surface area contributed by atoms with Crippen molar-refractivity contribution < 1.29 is 9.59 Å². The zero-order chi connectivity index (χ0) is 12.3. The van der Waals surface area contributed by atoms with E-state index in [9.17, 15) is 9.59 Å². The van der Waals surface area contributed by atoms with Crippen LogP contribution in [0.5, 0.6) is 0 Å². The van der Waals surface area contributed by atoms with Gasteiger partial charge in [-0.25, -0.2) is 0 Å². The first-order valence-electron chi connectivity index (χ1n) is 5.48. The molecule has 2 N–H and O–H groups in total. The van der Waals surface area contributed by atoms with Crippen molar-refractivity contribution in [3.8, 4) is 0 Å². The number of ketones is 1. The van der Waals surface area contributed by atoms with Crippen LogP contribution in [0.2, 0.25) is 0 Å². The van der Waals surface area contributed by atoms with Crippen LogP contribution in [-0.4, -0.2) is 29.7 Å². The summed E-state index contributed by atoms with van der Waals surface area (Å²) in [5, 5.41) is 1.88. The summed E-state index contributed by atoms with van der Waals surface area (Å²) >= 11 is 1.44. The van der Waals surface area contributed by atoms with E-state index in [0.717, 1.165) is 17.8 Å². The number of rotatable bonds is 4. The summed E-state index contributed by atoms with van der Waals surface area (Å²) in [5.74, 6) is -0.305. The fourth-order valence-corrected chi connectivity index (χ4v) is 2.49. The predicted molar refractivity (Wildman–Crippen MR) is 66.7 cm³/mol. The Balaban J connectivity index is 2.02. The van der Waals surface area contributed by atoms with E-state index in [-0.39, 0.29) is 5.78 Å². The minimum atomic E-state index is -0.390. The third-order valence-electron chi connectivity index (χ3n) is 2.69. The summed E-state index contributed by atoms with van der Waals surface area (Å²) in [5.41, 5.74) is 5.84. The van der Waals surface area contributed by atoms with E-state index in [1.54, 1.807) is 6.20 Å². The van der Waals surface area contributed by atoms with Crippen LogP contribution in [0.4, 0.5) is 0 Å². The van der Waals surface area contributed by atoms with Crippen LogP contribution >= 0.6 is 11.3 Å². The molecular weight excluding hydrogens is 236 g/mol. The van der Waals surface area contributed by atoms with Crippen LogP contribution in [0, 0.1) is 0 Å². The smallest absolute Gasteiger partial charge is 0.246 e. The molecule has 0 unspecified atom stereocenters. The van der Waals surface area contributed by atoms with Gasteiger partial charge >= 0.3 is 0 Å². The molecule has 0 radical (unpaired) electrons. The average molecular weight is 250 g/mol. The molecule has 0 bridgehead atoms. The summed E-state index contributed by atoms with van der Waals surface area (Å²) in [6.07, 6.45) is 3.29. The van der Waals surface area contributed by atoms with Crippen molar-refractivity contribution in [2.45, 2.75) is 12.8 Å². The molecular formula is C12H14N2O2S. The number of nitrogens with two attached hydrogens (primary N) is 1. The zero-order valence-electron chi connectivity index (χ0n) is 9.39. The lowest BCUT2D eigenvalue weighted by atomic mass is 10.1. The van der Waals surface area contributed by atoms with E-state index in [1.165, 1.54) is 11.3 Å². The van der Waals surface area contributed by atoms with Crippen molar-refractivity contribution in [1.82, 2.24) is 4.90 Å². The number of carbonyl (C=O) groups excluding carboxylic acids is 2.